The van der Waals surface area contributed by atoms with Crippen LogP contribution in [0.3, 0.4) is 0 Å². The van der Waals surface area contributed by atoms with Crippen LogP contribution in [-0.2, 0) is 16.4 Å². The number of alkyl halides is 3. The number of halogens is 4. The number of hydrogen-bond donors (Lipinski definition) is 1. The van der Waals surface area contributed by atoms with Crippen LogP contribution in [0, 0.1) is 0 Å². The fourth-order valence-corrected chi connectivity index (χ4v) is 2.61. The lowest BCUT2D eigenvalue weighted by Crippen LogP contribution is -2.19. The molecule has 1 fully saturated rings. The predicted molar refractivity (Wildman–Crippen MR) is 66.2 cm³/mol. The summed E-state index contributed by atoms with van der Waals surface area (Å²) in [7, 11) is 1.23. The van der Waals surface area contributed by atoms with Gasteiger partial charge in [0.05, 0.1) is 24.1 Å². The van der Waals surface area contributed by atoms with Crippen LogP contribution in [0.15, 0.2) is 12.1 Å². The first-order valence-corrected chi connectivity index (χ1v) is 6.24. The van der Waals surface area contributed by atoms with Gasteiger partial charge in [0.15, 0.2) is 0 Å². The van der Waals surface area contributed by atoms with Crippen LogP contribution in [-0.4, -0.2) is 18.2 Å². The standard InChI is InChI=1S/C13H12ClF3O3/c1-20-10-5-8(13(15,16)17)7(4-9(10)14)12(2-3-12)6-11(18)19/h4-5H,2-3,6H2,1H3,(H,18,19). The molecule has 20 heavy (non-hydrogen) atoms. The third-order valence-corrected chi connectivity index (χ3v) is 3.81. The molecule has 1 N–H and O–H groups in total. The van der Waals surface area contributed by atoms with E-state index in [-0.39, 0.29) is 22.8 Å². The largest absolute Gasteiger partial charge is 0.495 e. The van der Waals surface area contributed by atoms with E-state index in [4.69, 9.17) is 21.4 Å². The van der Waals surface area contributed by atoms with Crippen LogP contribution < -0.4 is 4.74 Å². The topological polar surface area (TPSA) is 46.5 Å². The van der Waals surface area contributed by atoms with Gasteiger partial charge in [-0.3, -0.25) is 4.79 Å². The first kappa shape index (κ1) is 15.0. The van der Waals surface area contributed by atoms with Crippen molar-refractivity contribution in [2.24, 2.45) is 0 Å². The van der Waals surface area contributed by atoms with Gasteiger partial charge in [-0.2, -0.15) is 13.2 Å². The number of methoxy groups -OCH3 is 1. The highest BCUT2D eigenvalue weighted by Gasteiger charge is 2.51. The molecule has 1 aliphatic rings. The van der Waals surface area contributed by atoms with Crippen molar-refractivity contribution in [3.05, 3.63) is 28.3 Å². The molecule has 0 unspecified atom stereocenters. The molecule has 3 nitrogen and oxygen atoms in total. The van der Waals surface area contributed by atoms with E-state index in [0.29, 0.717) is 12.8 Å². The van der Waals surface area contributed by atoms with Gasteiger partial charge in [0.25, 0.3) is 0 Å². The molecular formula is C13H12ClF3O3. The molecule has 0 amide bonds. The summed E-state index contributed by atoms with van der Waals surface area (Å²) < 4.78 is 44.2. The van der Waals surface area contributed by atoms with Crippen molar-refractivity contribution >= 4 is 17.6 Å². The second-order valence-electron chi connectivity index (χ2n) is 4.88. The predicted octanol–water partition coefficient (Wildman–Crippen LogP) is 3.87. The number of ether oxygens (including phenoxy) is 1. The zero-order chi connectivity index (χ0) is 15.1. The van der Waals surface area contributed by atoms with Gasteiger partial charge < -0.3 is 9.84 Å². The fourth-order valence-electron chi connectivity index (χ4n) is 2.36. The minimum Gasteiger partial charge on any atom is -0.495 e. The van der Waals surface area contributed by atoms with Gasteiger partial charge in [0, 0.05) is 5.41 Å². The fraction of sp³-hybridized carbons (Fsp3) is 0.462. The molecule has 0 heterocycles. The molecule has 0 bridgehead atoms. The summed E-state index contributed by atoms with van der Waals surface area (Å²) in [5, 5.41) is 8.92. The Morgan fingerprint density at radius 1 is 1.45 bits per heavy atom. The summed E-state index contributed by atoms with van der Waals surface area (Å²) >= 11 is 5.88. The van der Waals surface area contributed by atoms with Crippen molar-refractivity contribution in [2.45, 2.75) is 30.9 Å². The Hall–Kier alpha value is -1.43. The van der Waals surface area contributed by atoms with Gasteiger partial charge in [-0.05, 0) is 30.5 Å². The molecule has 1 aliphatic carbocycles. The molecular weight excluding hydrogens is 297 g/mol. The summed E-state index contributed by atoms with van der Waals surface area (Å²) in [5.41, 5.74) is -1.90. The van der Waals surface area contributed by atoms with Gasteiger partial charge in [-0.1, -0.05) is 11.6 Å². The third kappa shape index (κ3) is 2.70. The molecule has 7 heteroatoms. The average Bonchev–Trinajstić information content (AvgIpc) is 3.07. The SMILES string of the molecule is COc1cc(C(F)(F)F)c(C2(CC(=O)O)CC2)cc1Cl. The molecule has 1 aromatic rings. The smallest absolute Gasteiger partial charge is 0.416 e. The van der Waals surface area contributed by atoms with Crippen LogP contribution in [0.1, 0.15) is 30.4 Å². The number of carboxylic acid groups (broad SMARTS) is 1. The summed E-state index contributed by atoms with van der Waals surface area (Å²) in [6, 6.07) is 2.01. The Balaban J connectivity index is 2.57. The molecule has 1 saturated carbocycles. The van der Waals surface area contributed by atoms with Crippen LogP contribution in [0.2, 0.25) is 5.02 Å². The van der Waals surface area contributed by atoms with Crippen molar-refractivity contribution in [3.63, 3.8) is 0 Å². The maximum absolute atomic E-state index is 13.1. The van der Waals surface area contributed by atoms with E-state index in [9.17, 15) is 18.0 Å². The molecule has 0 aromatic heterocycles. The quantitative estimate of drug-likeness (QED) is 0.918. The van der Waals surface area contributed by atoms with Crippen molar-refractivity contribution in [3.8, 4) is 5.75 Å². The molecule has 2 rings (SSSR count). The van der Waals surface area contributed by atoms with Crippen LogP contribution in [0.5, 0.6) is 5.75 Å². The lowest BCUT2D eigenvalue weighted by molar-refractivity contribution is -0.141. The van der Waals surface area contributed by atoms with Crippen molar-refractivity contribution < 1.29 is 27.8 Å². The number of hydrogen-bond acceptors (Lipinski definition) is 2. The summed E-state index contributed by atoms with van der Waals surface area (Å²) in [5.74, 6) is -1.20. The zero-order valence-corrected chi connectivity index (χ0v) is 11.3. The minimum atomic E-state index is -4.58. The number of carboxylic acids is 1. The van der Waals surface area contributed by atoms with Gasteiger partial charge in [-0.15, -0.1) is 0 Å². The first-order chi connectivity index (χ1) is 9.19. The van der Waals surface area contributed by atoms with Crippen molar-refractivity contribution in [1.29, 1.82) is 0 Å². The number of carbonyl (C=O) groups is 1. The molecule has 110 valence electrons. The van der Waals surface area contributed by atoms with E-state index in [1.165, 1.54) is 13.2 Å². The zero-order valence-electron chi connectivity index (χ0n) is 10.6. The van der Waals surface area contributed by atoms with E-state index >= 15 is 0 Å². The lowest BCUT2D eigenvalue weighted by atomic mass is 9.88. The third-order valence-electron chi connectivity index (χ3n) is 3.51. The molecule has 1 aromatic carbocycles. The summed E-state index contributed by atoms with van der Waals surface area (Å²) in [4.78, 5) is 10.9. The van der Waals surface area contributed by atoms with E-state index < -0.39 is 23.1 Å². The van der Waals surface area contributed by atoms with Gasteiger partial charge in [0.1, 0.15) is 5.75 Å². The Kier molecular flexibility index (Phi) is 3.62. The summed E-state index contributed by atoms with van der Waals surface area (Å²) in [6.07, 6.45) is -4.10. The van der Waals surface area contributed by atoms with Crippen molar-refractivity contribution in [1.82, 2.24) is 0 Å². The Morgan fingerprint density at radius 2 is 2.05 bits per heavy atom. The van der Waals surface area contributed by atoms with E-state index in [2.05, 4.69) is 0 Å². The monoisotopic (exact) mass is 308 g/mol. The Labute approximate surface area is 118 Å². The Bertz CT molecular complexity index is 551. The van der Waals surface area contributed by atoms with E-state index in [1.54, 1.807) is 0 Å². The van der Waals surface area contributed by atoms with E-state index in [1.807, 2.05) is 0 Å². The minimum absolute atomic E-state index is 0.0483. The second-order valence-corrected chi connectivity index (χ2v) is 5.29. The van der Waals surface area contributed by atoms with Crippen LogP contribution in [0.4, 0.5) is 13.2 Å². The molecule has 0 aliphatic heterocycles. The molecule has 0 saturated heterocycles. The number of benzene rings is 1. The normalized spacial score (nSPS) is 16.9. The van der Waals surface area contributed by atoms with Gasteiger partial charge in [-0.25, -0.2) is 0 Å². The van der Waals surface area contributed by atoms with Crippen molar-refractivity contribution in [2.75, 3.05) is 7.11 Å². The first-order valence-electron chi connectivity index (χ1n) is 5.86. The van der Waals surface area contributed by atoms with Crippen LogP contribution >= 0.6 is 11.6 Å². The Morgan fingerprint density at radius 3 is 2.45 bits per heavy atom. The van der Waals surface area contributed by atoms with Gasteiger partial charge in [0.2, 0.25) is 0 Å². The maximum atomic E-state index is 13.1. The maximum Gasteiger partial charge on any atom is 0.416 e. The van der Waals surface area contributed by atoms with Gasteiger partial charge >= 0.3 is 12.1 Å². The average molecular weight is 309 g/mol. The second kappa shape index (κ2) is 4.84. The molecule has 0 radical (unpaired) electrons. The molecule has 0 atom stereocenters. The highest BCUT2D eigenvalue weighted by Crippen LogP contribution is 2.55. The lowest BCUT2D eigenvalue weighted by Gasteiger charge is -2.21. The number of aliphatic carboxylic acids is 1. The summed E-state index contributed by atoms with van der Waals surface area (Å²) in [6.45, 7) is 0. The number of rotatable bonds is 4. The van der Waals surface area contributed by atoms with Crippen LogP contribution in [0.25, 0.3) is 0 Å². The highest BCUT2D eigenvalue weighted by molar-refractivity contribution is 6.32. The highest BCUT2D eigenvalue weighted by atomic mass is 35.5. The molecule has 0 spiro atoms. The van der Waals surface area contributed by atoms with E-state index in [0.717, 1.165) is 6.07 Å².